The van der Waals surface area contributed by atoms with Crippen molar-refractivity contribution < 1.29 is 4.74 Å². The Bertz CT molecular complexity index is 1130. The minimum Gasteiger partial charge on any atom is -0.497 e. The molecule has 2 aromatic carbocycles. The van der Waals surface area contributed by atoms with E-state index in [0.29, 0.717) is 6.54 Å². The van der Waals surface area contributed by atoms with Gasteiger partial charge in [-0.3, -0.25) is 4.90 Å². The van der Waals surface area contributed by atoms with Crippen LogP contribution in [0.3, 0.4) is 0 Å². The molecule has 0 aliphatic carbocycles. The Morgan fingerprint density at radius 2 is 1.81 bits per heavy atom. The number of hydrogen-bond donors (Lipinski definition) is 0. The number of thiazole rings is 1. The second-order valence-electron chi connectivity index (χ2n) is 7.95. The van der Waals surface area contributed by atoms with E-state index in [9.17, 15) is 0 Å². The summed E-state index contributed by atoms with van der Waals surface area (Å²) in [7, 11) is 1.68. The van der Waals surface area contributed by atoms with E-state index >= 15 is 0 Å². The van der Waals surface area contributed by atoms with Gasteiger partial charge in [0, 0.05) is 26.2 Å². The molecular weight excluding hydrogens is 422 g/mol. The highest BCUT2D eigenvalue weighted by Gasteiger charge is 2.28. The maximum Gasteiger partial charge on any atom is 0.186 e. The third-order valence-corrected chi connectivity index (χ3v) is 7.14. The monoisotopic (exact) mass is 449 g/mol. The van der Waals surface area contributed by atoms with Gasteiger partial charge >= 0.3 is 0 Å². The van der Waals surface area contributed by atoms with Crippen LogP contribution in [0.2, 0.25) is 0 Å². The molecule has 2 aromatic heterocycles. The van der Waals surface area contributed by atoms with Crippen molar-refractivity contribution >= 4 is 26.7 Å². The van der Waals surface area contributed by atoms with Gasteiger partial charge in [-0.2, -0.15) is 0 Å². The molecule has 8 nitrogen and oxygen atoms in total. The Balaban J connectivity index is 1.27. The number of anilines is 1. The van der Waals surface area contributed by atoms with Gasteiger partial charge in [-0.15, -0.1) is 5.10 Å². The predicted octanol–water partition coefficient (Wildman–Crippen LogP) is 3.61. The van der Waals surface area contributed by atoms with Crippen LogP contribution in [0.25, 0.3) is 10.2 Å². The maximum absolute atomic E-state index is 5.26. The van der Waals surface area contributed by atoms with Gasteiger partial charge < -0.3 is 9.64 Å². The number of benzene rings is 2. The van der Waals surface area contributed by atoms with Gasteiger partial charge in [0.25, 0.3) is 0 Å². The molecule has 0 amide bonds. The quantitative estimate of drug-likeness (QED) is 0.427. The van der Waals surface area contributed by atoms with Crippen LogP contribution in [-0.4, -0.2) is 63.4 Å². The number of ether oxygens (including phenoxy) is 1. The van der Waals surface area contributed by atoms with E-state index in [4.69, 9.17) is 9.72 Å². The standard InChI is InChI=1S/C23H27N7OS/c1-3-20(22-25-26-27-30(22)16-17-8-10-18(31-2)11-9-17)28-12-14-29(15-13-28)23-24-19-6-4-5-7-21(19)32-23/h4-11,20H,3,12-16H2,1-2H3. The fourth-order valence-corrected chi connectivity index (χ4v) is 5.31. The smallest absolute Gasteiger partial charge is 0.186 e. The number of aromatic nitrogens is 5. The molecule has 0 N–H and O–H groups in total. The van der Waals surface area contributed by atoms with E-state index in [1.165, 1.54) is 4.70 Å². The Kier molecular flexibility index (Phi) is 6.00. The molecule has 1 fully saturated rings. The van der Waals surface area contributed by atoms with Gasteiger partial charge in [-0.1, -0.05) is 42.5 Å². The molecule has 3 heterocycles. The van der Waals surface area contributed by atoms with E-state index in [2.05, 4.69) is 62.6 Å². The summed E-state index contributed by atoms with van der Waals surface area (Å²) < 4.78 is 8.43. The van der Waals surface area contributed by atoms with Crippen LogP contribution < -0.4 is 9.64 Å². The summed E-state index contributed by atoms with van der Waals surface area (Å²) in [4.78, 5) is 9.73. The minimum atomic E-state index is 0.195. The van der Waals surface area contributed by atoms with Crippen LogP contribution >= 0.6 is 11.3 Å². The van der Waals surface area contributed by atoms with Gasteiger partial charge in [0.05, 0.1) is 29.9 Å². The number of para-hydroxylation sites is 1. The second kappa shape index (κ2) is 9.22. The number of piperazine rings is 1. The zero-order chi connectivity index (χ0) is 21.9. The highest BCUT2D eigenvalue weighted by atomic mass is 32.1. The zero-order valence-corrected chi connectivity index (χ0v) is 19.2. The van der Waals surface area contributed by atoms with Crippen LogP contribution in [0.15, 0.2) is 48.5 Å². The zero-order valence-electron chi connectivity index (χ0n) is 18.4. The van der Waals surface area contributed by atoms with Crippen LogP contribution in [-0.2, 0) is 6.54 Å². The SMILES string of the molecule is CCC(c1nnnn1Cc1ccc(OC)cc1)N1CCN(c2nc3ccccc3s2)CC1. The lowest BCUT2D eigenvalue weighted by molar-refractivity contribution is 0.169. The molecule has 4 aromatic rings. The van der Waals surface area contributed by atoms with Crippen molar-refractivity contribution in [1.82, 2.24) is 30.1 Å². The molecule has 0 radical (unpaired) electrons. The van der Waals surface area contributed by atoms with Crippen molar-refractivity contribution in [3.63, 3.8) is 0 Å². The first-order chi connectivity index (χ1) is 15.7. The van der Waals surface area contributed by atoms with Gasteiger partial charge in [0.2, 0.25) is 0 Å². The molecule has 5 rings (SSSR count). The lowest BCUT2D eigenvalue weighted by Crippen LogP contribution is -2.48. The summed E-state index contributed by atoms with van der Waals surface area (Å²) in [6.45, 7) is 6.69. The van der Waals surface area contributed by atoms with Crippen molar-refractivity contribution in [1.29, 1.82) is 0 Å². The first kappa shape index (κ1) is 20.8. The molecular formula is C23H27N7OS. The Labute approximate surface area is 191 Å². The lowest BCUT2D eigenvalue weighted by Gasteiger charge is -2.38. The Morgan fingerprint density at radius 3 is 2.53 bits per heavy atom. The van der Waals surface area contributed by atoms with Crippen molar-refractivity contribution in [2.45, 2.75) is 25.9 Å². The van der Waals surface area contributed by atoms with Gasteiger partial charge in [0.15, 0.2) is 11.0 Å². The molecule has 166 valence electrons. The number of tetrazole rings is 1. The number of rotatable bonds is 7. The summed E-state index contributed by atoms with van der Waals surface area (Å²) in [6, 6.07) is 16.6. The second-order valence-corrected chi connectivity index (χ2v) is 8.96. The molecule has 0 saturated carbocycles. The third kappa shape index (κ3) is 4.18. The van der Waals surface area contributed by atoms with Crippen molar-refractivity contribution in [2.75, 3.05) is 38.2 Å². The maximum atomic E-state index is 5.26. The van der Waals surface area contributed by atoms with Crippen LogP contribution in [0.4, 0.5) is 5.13 Å². The van der Waals surface area contributed by atoms with Crippen molar-refractivity contribution in [3.05, 3.63) is 59.9 Å². The van der Waals surface area contributed by atoms with E-state index in [1.807, 2.05) is 22.9 Å². The first-order valence-electron chi connectivity index (χ1n) is 11.0. The fraction of sp³-hybridized carbons (Fsp3) is 0.391. The topological polar surface area (TPSA) is 72.2 Å². The lowest BCUT2D eigenvalue weighted by atomic mass is 10.1. The van der Waals surface area contributed by atoms with E-state index in [1.54, 1.807) is 18.4 Å². The molecule has 0 bridgehead atoms. The highest BCUT2D eigenvalue weighted by molar-refractivity contribution is 7.22. The van der Waals surface area contributed by atoms with Crippen LogP contribution in [0.5, 0.6) is 5.75 Å². The Morgan fingerprint density at radius 1 is 1.03 bits per heavy atom. The van der Waals surface area contributed by atoms with Crippen molar-refractivity contribution in [3.8, 4) is 5.75 Å². The summed E-state index contributed by atoms with van der Waals surface area (Å²) in [5.41, 5.74) is 2.23. The first-order valence-corrected chi connectivity index (χ1v) is 11.8. The molecule has 1 aliphatic rings. The van der Waals surface area contributed by atoms with Crippen LogP contribution in [0.1, 0.15) is 30.8 Å². The Hall–Kier alpha value is -3.04. The molecule has 0 spiro atoms. The van der Waals surface area contributed by atoms with Gasteiger partial charge in [-0.25, -0.2) is 9.67 Å². The van der Waals surface area contributed by atoms with Gasteiger partial charge in [0.1, 0.15) is 5.75 Å². The summed E-state index contributed by atoms with van der Waals surface area (Å²) in [5, 5.41) is 13.8. The molecule has 1 aliphatic heterocycles. The molecule has 1 saturated heterocycles. The summed E-state index contributed by atoms with van der Waals surface area (Å²) >= 11 is 1.77. The number of hydrogen-bond acceptors (Lipinski definition) is 8. The number of methoxy groups -OCH3 is 1. The van der Waals surface area contributed by atoms with Crippen molar-refractivity contribution in [2.24, 2.45) is 0 Å². The predicted molar refractivity (Wildman–Crippen MR) is 126 cm³/mol. The van der Waals surface area contributed by atoms with E-state index in [-0.39, 0.29) is 6.04 Å². The molecule has 1 unspecified atom stereocenters. The largest absolute Gasteiger partial charge is 0.497 e. The summed E-state index contributed by atoms with van der Waals surface area (Å²) in [5.74, 6) is 1.78. The highest BCUT2D eigenvalue weighted by Crippen LogP contribution is 2.31. The van der Waals surface area contributed by atoms with Crippen LogP contribution in [0, 0.1) is 0 Å². The van der Waals surface area contributed by atoms with Gasteiger partial charge in [-0.05, 0) is 46.7 Å². The average molecular weight is 450 g/mol. The minimum absolute atomic E-state index is 0.195. The number of fused-ring (bicyclic) bond motifs is 1. The normalized spacial score (nSPS) is 15.9. The van der Waals surface area contributed by atoms with E-state index < -0.39 is 0 Å². The average Bonchev–Trinajstić information content (AvgIpc) is 3.48. The third-order valence-electron chi connectivity index (χ3n) is 6.04. The molecule has 9 heteroatoms. The molecule has 32 heavy (non-hydrogen) atoms. The number of nitrogens with zero attached hydrogens (tertiary/aromatic N) is 7. The molecule has 1 atom stereocenters. The summed E-state index contributed by atoms with van der Waals surface area (Å²) in [6.07, 6.45) is 0.962. The fourth-order valence-electron chi connectivity index (χ4n) is 4.29. The van der Waals surface area contributed by atoms with E-state index in [0.717, 1.165) is 60.4 Å².